The molecule has 0 bridgehead atoms. The van der Waals surface area contributed by atoms with Gasteiger partial charge in [-0.1, -0.05) is 0 Å². The van der Waals surface area contributed by atoms with Gasteiger partial charge < -0.3 is 15.9 Å². The Balaban J connectivity index is 2.63. The molecule has 0 radical (unpaired) electrons. The summed E-state index contributed by atoms with van der Waals surface area (Å²) in [5, 5.41) is 19.0. The average Bonchev–Trinajstić information content (AvgIpc) is 2.12. The predicted molar refractivity (Wildman–Crippen MR) is 57.1 cm³/mol. The first kappa shape index (κ1) is 10.7. The quantitative estimate of drug-likeness (QED) is 0.690. The maximum absolute atomic E-state index is 13.3. The first-order valence-electron chi connectivity index (χ1n) is 4.65. The number of nitrogens with two attached hydrogens (primary N) is 1. The van der Waals surface area contributed by atoms with Crippen molar-refractivity contribution in [3.63, 3.8) is 0 Å². The molecule has 0 aromatic heterocycles. The summed E-state index contributed by atoms with van der Waals surface area (Å²) in [5.41, 5.74) is 5.55. The van der Waals surface area contributed by atoms with Crippen LogP contribution in [0.25, 0.3) is 0 Å². The lowest BCUT2D eigenvalue weighted by atomic mass is 9.72. The van der Waals surface area contributed by atoms with Crippen LogP contribution in [0.3, 0.4) is 0 Å². The van der Waals surface area contributed by atoms with Crippen LogP contribution in [0.4, 0.5) is 4.39 Å². The fraction of sp³-hybridized carbons (Fsp3) is 0.400. The van der Waals surface area contributed by atoms with E-state index in [9.17, 15) is 14.6 Å². The van der Waals surface area contributed by atoms with Gasteiger partial charge in [-0.05, 0) is 35.2 Å². The maximum atomic E-state index is 13.3. The van der Waals surface area contributed by atoms with E-state index in [0.717, 1.165) is 12.5 Å². The second kappa shape index (κ2) is 3.35. The minimum absolute atomic E-state index is 0.139. The number of aromatic hydroxyl groups is 2. The van der Waals surface area contributed by atoms with Gasteiger partial charge in [-0.25, -0.2) is 4.39 Å². The molecule has 0 amide bonds. The lowest BCUT2D eigenvalue weighted by Gasteiger charge is -2.39. The molecule has 0 heterocycles. The summed E-state index contributed by atoms with van der Waals surface area (Å²) in [6.07, 6.45) is 2.31. The Kier molecular flexibility index (Phi) is 2.39. The second-order valence-corrected chi connectivity index (χ2v) is 4.72. The summed E-state index contributed by atoms with van der Waals surface area (Å²) in [6.45, 7) is 0. The zero-order valence-corrected chi connectivity index (χ0v) is 9.51. The van der Waals surface area contributed by atoms with Crippen molar-refractivity contribution in [3.8, 4) is 11.5 Å². The SMILES string of the molecule is NC1(c2c(O)c(O)cc(F)c2Br)CCC1. The minimum atomic E-state index is -0.720. The van der Waals surface area contributed by atoms with Gasteiger partial charge in [0, 0.05) is 17.2 Å². The monoisotopic (exact) mass is 275 g/mol. The zero-order chi connectivity index (χ0) is 11.2. The highest BCUT2D eigenvalue weighted by atomic mass is 79.9. The van der Waals surface area contributed by atoms with Crippen LogP contribution in [-0.4, -0.2) is 10.2 Å². The number of hydrogen-bond acceptors (Lipinski definition) is 3. The average molecular weight is 276 g/mol. The van der Waals surface area contributed by atoms with Crippen LogP contribution in [0, 0.1) is 5.82 Å². The van der Waals surface area contributed by atoms with Crippen LogP contribution in [0.5, 0.6) is 11.5 Å². The molecule has 0 saturated heterocycles. The first-order chi connectivity index (χ1) is 6.96. The van der Waals surface area contributed by atoms with Crippen LogP contribution in [0.2, 0.25) is 0 Å². The van der Waals surface area contributed by atoms with E-state index in [4.69, 9.17) is 5.73 Å². The second-order valence-electron chi connectivity index (χ2n) is 3.92. The van der Waals surface area contributed by atoms with Crippen LogP contribution >= 0.6 is 15.9 Å². The summed E-state index contributed by atoms with van der Waals surface area (Å²) in [7, 11) is 0. The Morgan fingerprint density at radius 3 is 2.47 bits per heavy atom. The number of phenolic OH excluding ortho intramolecular Hbond substituents is 2. The molecule has 3 nitrogen and oxygen atoms in total. The number of halogens is 2. The third-order valence-electron chi connectivity index (χ3n) is 2.92. The summed E-state index contributed by atoms with van der Waals surface area (Å²) in [5.74, 6) is -1.41. The molecular formula is C10H11BrFNO2. The molecule has 82 valence electrons. The summed E-state index contributed by atoms with van der Waals surface area (Å²) in [6, 6.07) is 0.866. The molecule has 1 aliphatic carbocycles. The molecule has 5 heteroatoms. The van der Waals surface area contributed by atoms with Crippen LogP contribution in [0.15, 0.2) is 10.5 Å². The summed E-state index contributed by atoms with van der Waals surface area (Å²) < 4.78 is 13.5. The molecule has 1 aromatic rings. The Bertz CT molecular complexity index is 392. The van der Waals surface area contributed by atoms with Crippen molar-refractivity contribution in [1.82, 2.24) is 0 Å². The lowest BCUT2D eigenvalue weighted by Crippen LogP contribution is -2.43. The molecule has 0 aliphatic heterocycles. The number of rotatable bonds is 1. The Morgan fingerprint density at radius 2 is 2.00 bits per heavy atom. The van der Waals surface area contributed by atoms with Gasteiger partial charge in [0.25, 0.3) is 0 Å². The van der Waals surface area contributed by atoms with E-state index in [-0.39, 0.29) is 15.8 Å². The fourth-order valence-corrected chi connectivity index (χ4v) is 2.56. The largest absolute Gasteiger partial charge is 0.504 e. The predicted octanol–water partition coefficient (Wildman–Crippen LogP) is 2.34. The standard InChI is InChI=1S/C10H11BrFNO2/c11-8-5(12)4-6(14)9(15)7(8)10(13)2-1-3-10/h4,14-15H,1-3,13H2. The maximum Gasteiger partial charge on any atom is 0.163 e. The molecular weight excluding hydrogens is 265 g/mol. The Morgan fingerprint density at radius 1 is 1.40 bits per heavy atom. The molecule has 0 atom stereocenters. The van der Waals surface area contributed by atoms with Crippen LogP contribution in [0.1, 0.15) is 24.8 Å². The first-order valence-corrected chi connectivity index (χ1v) is 5.44. The smallest absolute Gasteiger partial charge is 0.163 e. The summed E-state index contributed by atoms with van der Waals surface area (Å²) in [4.78, 5) is 0. The van der Waals surface area contributed by atoms with Gasteiger partial charge in [-0.2, -0.15) is 0 Å². The Labute approximate surface area is 94.8 Å². The fourth-order valence-electron chi connectivity index (χ4n) is 1.87. The minimum Gasteiger partial charge on any atom is -0.504 e. The normalized spacial score (nSPS) is 18.6. The van der Waals surface area contributed by atoms with Gasteiger partial charge in [0.05, 0.1) is 4.47 Å². The molecule has 0 unspecified atom stereocenters. The lowest BCUT2D eigenvalue weighted by molar-refractivity contribution is 0.240. The van der Waals surface area contributed by atoms with Crippen molar-refractivity contribution in [2.24, 2.45) is 5.73 Å². The number of phenols is 2. The molecule has 1 saturated carbocycles. The molecule has 1 aliphatic rings. The van der Waals surface area contributed by atoms with E-state index in [0.29, 0.717) is 12.8 Å². The van der Waals surface area contributed by atoms with Crippen molar-refractivity contribution in [2.75, 3.05) is 0 Å². The van der Waals surface area contributed by atoms with E-state index in [2.05, 4.69) is 15.9 Å². The van der Waals surface area contributed by atoms with Crippen molar-refractivity contribution < 1.29 is 14.6 Å². The Hall–Kier alpha value is -0.810. The van der Waals surface area contributed by atoms with E-state index < -0.39 is 17.1 Å². The molecule has 4 N–H and O–H groups in total. The molecule has 0 spiro atoms. The molecule has 1 fully saturated rings. The van der Waals surface area contributed by atoms with Crippen LogP contribution in [-0.2, 0) is 5.54 Å². The topological polar surface area (TPSA) is 66.5 Å². The van der Waals surface area contributed by atoms with Gasteiger partial charge in [0.2, 0.25) is 0 Å². The van der Waals surface area contributed by atoms with Gasteiger partial charge in [-0.15, -0.1) is 0 Å². The third kappa shape index (κ3) is 1.50. The highest BCUT2D eigenvalue weighted by Gasteiger charge is 2.39. The molecule has 1 aromatic carbocycles. The van der Waals surface area contributed by atoms with E-state index >= 15 is 0 Å². The third-order valence-corrected chi connectivity index (χ3v) is 3.69. The van der Waals surface area contributed by atoms with Gasteiger partial charge in [-0.3, -0.25) is 0 Å². The molecule has 15 heavy (non-hydrogen) atoms. The highest BCUT2D eigenvalue weighted by molar-refractivity contribution is 9.10. The number of benzene rings is 1. The molecule has 2 rings (SSSR count). The number of hydrogen-bond donors (Lipinski definition) is 3. The van der Waals surface area contributed by atoms with E-state index in [1.165, 1.54) is 0 Å². The van der Waals surface area contributed by atoms with Gasteiger partial charge in [0.15, 0.2) is 11.5 Å². The van der Waals surface area contributed by atoms with Crippen molar-refractivity contribution >= 4 is 15.9 Å². The van der Waals surface area contributed by atoms with Crippen molar-refractivity contribution in [3.05, 3.63) is 21.9 Å². The van der Waals surface area contributed by atoms with Gasteiger partial charge in [0.1, 0.15) is 5.82 Å². The van der Waals surface area contributed by atoms with Crippen LogP contribution < -0.4 is 5.73 Å². The van der Waals surface area contributed by atoms with E-state index in [1.54, 1.807) is 0 Å². The van der Waals surface area contributed by atoms with Crippen molar-refractivity contribution in [1.29, 1.82) is 0 Å². The zero-order valence-electron chi connectivity index (χ0n) is 7.93. The summed E-state index contributed by atoms with van der Waals surface area (Å²) >= 11 is 3.05. The van der Waals surface area contributed by atoms with E-state index in [1.807, 2.05) is 0 Å². The highest BCUT2D eigenvalue weighted by Crippen LogP contribution is 2.49. The van der Waals surface area contributed by atoms with Gasteiger partial charge >= 0.3 is 0 Å². The van der Waals surface area contributed by atoms with Crippen molar-refractivity contribution in [2.45, 2.75) is 24.8 Å².